The number of anilines is 1. The van der Waals surface area contributed by atoms with E-state index in [4.69, 9.17) is 10.5 Å². The maximum Gasteiger partial charge on any atom is 0.241 e. The fourth-order valence-corrected chi connectivity index (χ4v) is 3.88. The third-order valence-corrected chi connectivity index (χ3v) is 5.66. The average molecular weight is 469 g/mol. The number of rotatable bonds is 4. The van der Waals surface area contributed by atoms with Crippen LogP contribution in [-0.4, -0.2) is 34.7 Å². The fourth-order valence-electron chi connectivity index (χ4n) is 3.88. The van der Waals surface area contributed by atoms with E-state index in [0.29, 0.717) is 18.7 Å². The Bertz CT molecular complexity index is 1070. The minimum Gasteiger partial charge on any atom is -0.381 e. The van der Waals surface area contributed by atoms with Gasteiger partial charge in [0.05, 0.1) is 17.1 Å². The quantitative estimate of drug-likeness (QED) is 0.600. The number of halogens is 3. The molecule has 0 aliphatic carbocycles. The highest BCUT2D eigenvalue weighted by atomic mass is 35.5. The lowest BCUT2D eigenvalue weighted by molar-refractivity contribution is -0.119. The molecule has 168 valence electrons. The number of imidazole rings is 1. The van der Waals surface area contributed by atoms with E-state index in [-0.39, 0.29) is 42.5 Å². The molecule has 0 spiro atoms. The monoisotopic (exact) mass is 468 g/mol. The van der Waals surface area contributed by atoms with Crippen LogP contribution in [0.5, 0.6) is 0 Å². The van der Waals surface area contributed by atoms with Crippen LogP contribution in [-0.2, 0) is 16.6 Å². The highest BCUT2D eigenvalue weighted by Crippen LogP contribution is 2.28. The molecule has 1 atom stereocenters. The van der Waals surface area contributed by atoms with Crippen LogP contribution in [0.1, 0.15) is 18.4 Å². The van der Waals surface area contributed by atoms with Crippen LogP contribution < -0.4 is 11.1 Å². The number of benzene rings is 2. The number of hydrogen-bond donors (Lipinski definition) is 2. The van der Waals surface area contributed by atoms with Crippen molar-refractivity contribution in [1.82, 2.24) is 9.55 Å². The molecule has 1 aromatic heterocycles. The van der Waals surface area contributed by atoms with Gasteiger partial charge in [-0.15, -0.1) is 24.8 Å². The van der Waals surface area contributed by atoms with Gasteiger partial charge in [0.15, 0.2) is 0 Å². The second-order valence-electron chi connectivity index (χ2n) is 7.62. The van der Waals surface area contributed by atoms with Crippen molar-refractivity contribution in [2.75, 3.05) is 18.5 Å². The Morgan fingerprint density at radius 2 is 1.94 bits per heavy atom. The summed E-state index contributed by atoms with van der Waals surface area (Å²) >= 11 is 0. The van der Waals surface area contributed by atoms with Crippen LogP contribution in [0.25, 0.3) is 22.4 Å². The number of ether oxygens (including phenoxy) is 1. The van der Waals surface area contributed by atoms with Gasteiger partial charge in [-0.25, -0.2) is 9.37 Å². The minimum atomic E-state index is -0.548. The molecule has 1 aliphatic heterocycles. The van der Waals surface area contributed by atoms with Crippen molar-refractivity contribution in [3.8, 4) is 11.4 Å². The third-order valence-electron chi connectivity index (χ3n) is 5.66. The summed E-state index contributed by atoms with van der Waals surface area (Å²) in [7, 11) is 1.90. The van der Waals surface area contributed by atoms with Gasteiger partial charge in [0.1, 0.15) is 11.6 Å². The number of nitrogens with zero attached hydrogens (tertiary/aromatic N) is 2. The number of aromatic nitrogens is 2. The first kappa shape index (κ1) is 25.1. The van der Waals surface area contributed by atoms with E-state index in [0.717, 1.165) is 41.0 Å². The van der Waals surface area contributed by atoms with Crippen LogP contribution in [0.4, 0.5) is 10.1 Å². The Morgan fingerprint density at radius 1 is 1.23 bits per heavy atom. The summed E-state index contributed by atoms with van der Waals surface area (Å²) in [6.07, 6.45) is 1.61. The molecule has 1 aliphatic rings. The number of fused-ring (bicyclic) bond motifs is 1. The lowest BCUT2D eigenvalue weighted by Crippen LogP contribution is -2.44. The number of aryl methyl sites for hydroxylation is 2. The Labute approximate surface area is 193 Å². The maximum atomic E-state index is 13.5. The zero-order valence-electron chi connectivity index (χ0n) is 17.4. The molecular formula is C22H27Cl2FN4O2. The fraction of sp³-hybridized carbons (Fsp3) is 0.364. The zero-order valence-corrected chi connectivity index (χ0v) is 19.1. The van der Waals surface area contributed by atoms with Crippen molar-refractivity contribution in [1.29, 1.82) is 0 Å². The van der Waals surface area contributed by atoms with Crippen LogP contribution in [0, 0.1) is 18.7 Å². The smallest absolute Gasteiger partial charge is 0.241 e. The van der Waals surface area contributed by atoms with Crippen molar-refractivity contribution in [2.45, 2.75) is 25.8 Å². The van der Waals surface area contributed by atoms with Gasteiger partial charge in [-0.1, -0.05) is 0 Å². The normalized spacial score (nSPS) is 15.1. The van der Waals surface area contributed by atoms with Crippen LogP contribution in [0.15, 0.2) is 36.4 Å². The highest BCUT2D eigenvalue weighted by molar-refractivity contribution is 5.96. The molecule has 2 aromatic carbocycles. The first-order valence-corrected chi connectivity index (χ1v) is 9.81. The number of hydrogen-bond acceptors (Lipinski definition) is 4. The van der Waals surface area contributed by atoms with Gasteiger partial charge in [0, 0.05) is 37.6 Å². The van der Waals surface area contributed by atoms with E-state index >= 15 is 0 Å². The molecule has 1 fully saturated rings. The SMILES string of the molecule is Cc1cc(-c2nc3cc(F)ccc3n2C)ccc1NC(=O)C(N)C1CCOCC1.Cl.Cl. The maximum absolute atomic E-state index is 13.5. The molecule has 0 saturated carbocycles. The summed E-state index contributed by atoms with van der Waals surface area (Å²) in [5.74, 6) is 0.400. The van der Waals surface area contributed by atoms with E-state index in [1.165, 1.54) is 12.1 Å². The number of nitrogens with one attached hydrogen (secondary N) is 1. The number of nitrogens with two attached hydrogens (primary N) is 1. The lowest BCUT2D eigenvalue weighted by atomic mass is 9.91. The molecule has 3 N–H and O–H groups in total. The molecule has 2 heterocycles. The molecular weight excluding hydrogens is 442 g/mol. The number of carbonyl (C=O) groups is 1. The van der Waals surface area contributed by atoms with E-state index in [2.05, 4.69) is 10.3 Å². The molecule has 9 heteroatoms. The van der Waals surface area contributed by atoms with Gasteiger partial charge in [-0.2, -0.15) is 0 Å². The summed E-state index contributed by atoms with van der Waals surface area (Å²) < 4.78 is 20.8. The van der Waals surface area contributed by atoms with Crippen molar-refractivity contribution in [3.63, 3.8) is 0 Å². The van der Waals surface area contributed by atoms with Crippen LogP contribution in [0.3, 0.4) is 0 Å². The molecule has 1 saturated heterocycles. The predicted molar refractivity (Wildman–Crippen MR) is 125 cm³/mol. The van der Waals surface area contributed by atoms with Gasteiger partial charge >= 0.3 is 0 Å². The summed E-state index contributed by atoms with van der Waals surface area (Å²) in [6.45, 7) is 3.24. The van der Waals surface area contributed by atoms with E-state index < -0.39 is 6.04 Å². The van der Waals surface area contributed by atoms with Gasteiger partial charge in [-0.3, -0.25) is 4.79 Å². The Morgan fingerprint density at radius 3 is 2.61 bits per heavy atom. The van der Waals surface area contributed by atoms with E-state index in [1.807, 2.05) is 36.7 Å². The van der Waals surface area contributed by atoms with Crippen molar-refractivity contribution in [2.24, 2.45) is 18.7 Å². The van der Waals surface area contributed by atoms with E-state index in [1.54, 1.807) is 6.07 Å². The zero-order chi connectivity index (χ0) is 20.5. The number of amides is 1. The van der Waals surface area contributed by atoms with Gasteiger partial charge in [-0.05, 0) is 61.6 Å². The van der Waals surface area contributed by atoms with Crippen LogP contribution >= 0.6 is 24.8 Å². The predicted octanol–water partition coefficient (Wildman–Crippen LogP) is 4.22. The molecule has 3 aromatic rings. The topological polar surface area (TPSA) is 82.2 Å². The van der Waals surface area contributed by atoms with E-state index in [9.17, 15) is 9.18 Å². The summed E-state index contributed by atoms with van der Waals surface area (Å²) in [4.78, 5) is 17.2. The molecule has 6 nitrogen and oxygen atoms in total. The largest absolute Gasteiger partial charge is 0.381 e. The standard InChI is InChI=1S/C22H25FN4O2.2ClH/c1-13-11-15(21-25-18-12-16(23)4-6-19(18)27(21)2)3-5-17(13)26-22(28)20(24)14-7-9-29-10-8-14;;/h3-6,11-12,14,20H,7-10,24H2,1-2H3,(H,26,28);2*1H. The summed E-state index contributed by atoms with van der Waals surface area (Å²) in [5, 5.41) is 2.95. The van der Waals surface area contributed by atoms with Crippen molar-refractivity contribution < 1.29 is 13.9 Å². The second-order valence-corrected chi connectivity index (χ2v) is 7.62. The molecule has 31 heavy (non-hydrogen) atoms. The molecule has 1 amide bonds. The molecule has 1 unspecified atom stereocenters. The summed E-state index contributed by atoms with van der Waals surface area (Å²) in [5.41, 5.74) is 10.2. The van der Waals surface area contributed by atoms with Crippen molar-refractivity contribution in [3.05, 3.63) is 47.8 Å². The molecule has 4 rings (SSSR count). The Balaban J connectivity index is 0.00000171. The second kappa shape index (κ2) is 10.4. The van der Waals surface area contributed by atoms with Gasteiger partial charge in [0.2, 0.25) is 5.91 Å². The Hall–Kier alpha value is -2.19. The highest BCUT2D eigenvalue weighted by Gasteiger charge is 2.26. The minimum absolute atomic E-state index is 0. The Kier molecular flexibility index (Phi) is 8.42. The lowest BCUT2D eigenvalue weighted by Gasteiger charge is -2.27. The van der Waals surface area contributed by atoms with Gasteiger partial charge in [0.25, 0.3) is 0 Å². The van der Waals surface area contributed by atoms with Crippen molar-refractivity contribution >= 4 is 47.4 Å². The van der Waals surface area contributed by atoms with Gasteiger partial charge < -0.3 is 20.4 Å². The molecule has 0 radical (unpaired) electrons. The number of carbonyl (C=O) groups excluding carboxylic acids is 1. The first-order chi connectivity index (χ1) is 13.9. The van der Waals surface area contributed by atoms with Crippen LogP contribution in [0.2, 0.25) is 0 Å². The average Bonchev–Trinajstić information content (AvgIpc) is 3.05. The first-order valence-electron chi connectivity index (χ1n) is 9.81. The molecule has 0 bridgehead atoms. The third kappa shape index (κ3) is 5.18. The summed E-state index contributed by atoms with van der Waals surface area (Å²) in [6, 6.07) is 9.76.